The Balaban J connectivity index is 1.74. The van der Waals surface area contributed by atoms with E-state index in [-0.39, 0.29) is 39.3 Å². The number of allylic oxidation sites excluding steroid dienone is 1. The average molecular weight is 627 g/mol. The van der Waals surface area contributed by atoms with Gasteiger partial charge in [0.25, 0.3) is 0 Å². The zero-order valence-corrected chi connectivity index (χ0v) is 27.6. The Morgan fingerprint density at radius 2 is 1.63 bits per heavy atom. The highest BCUT2D eigenvalue weighted by Gasteiger charge is 2.69. The molecule has 3 aliphatic carbocycles. The molecule has 3 aliphatic rings. The smallest absolute Gasteiger partial charge is 0.436 e. The number of fused-ring (bicyclic) bond motifs is 1. The topological polar surface area (TPSA) is 169 Å². The van der Waals surface area contributed by atoms with E-state index in [2.05, 4.69) is 16.4 Å². The molecule has 0 radical (unpaired) electrons. The second-order valence-electron chi connectivity index (χ2n) is 14.2. The first-order valence-corrected chi connectivity index (χ1v) is 14.9. The third-order valence-electron chi connectivity index (χ3n) is 7.72. The number of aromatic nitrogens is 4. The molecule has 0 spiro atoms. The number of carbonyl (C=O) groups excluding carboxylic acids is 2. The number of hydrogen-bond acceptors (Lipinski definition) is 10. The fraction of sp³-hybridized carbons (Fsp3) is 0.485. The maximum Gasteiger partial charge on any atom is 0.436 e. The number of hydrogen-bond donors (Lipinski definition) is 1. The van der Waals surface area contributed by atoms with E-state index in [1.54, 1.807) is 54.7 Å². The van der Waals surface area contributed by atoms with Crippen molar-refractivity contribution in [3.63, 3.8) is 0 Å². The molecule has 240 valence electrons. The molecule has 0 unspecified atom stereocenters. The molecule has 2 aromatic heterocycles. The maximum absolute atomic E-state index is 13.6. The van der Waals surface area contributed by atoms with Crippen molar-refractivity contribution in [3.05, 3.63) is 40.4 Å². The summed E-state index contributed by atoms with van der Waals surface area (Å²) in [6, 6.07) is 8.13. The minimum absolute atomic E-state index is 0.0424. The van der Waals surface area contributed by atoms with Gasteiger partial charge in [-0.05, 0) is 110 Å². The Kier molecular flexibility index (Phi) is 7.72. The van der Waals surface area contributed by atoms with Crippen molar-refractivity contribution in [1.82, 2.24) is 19.3 Å². The van der Waals surface area contributed by atoms with Crippen LogP contribution in [0, 0.1) is 41.9 Å². The summed E-state index contributed by atoms with van der Waals surface area (Å²) in [5, 5.41) is 22.1. The van der Waals surface area contributed by atoms with E-state index < -0.39 is 23.4 Å². The summed E-state index contributed by atoms with van der Waals surface area (Å²) < 4.78 is 20.2. The van der Waals surface area contributed by atoms with Crippen LogP contribution in [0.2, 0.25) is 0 Å². The Hall–Kier alpha value is -5.17. The van der Waals surface area contributed by atoms with Crippen LogP contribution in [0.1, 0.15) is 77.5 Å². The lowest BCUT2D eigenvalue weighted by Crippen LogP contribution is -2.70. The number of ether oxygens (including phenoxy) is 3. The maximum atomic E-state index is 13.6. The van der Waals surface area contributed by atoms with Crippen LogP contribution in [0.15, 0.2) is 23.2 Å². The highest BCUT2D eigenvalue weighted by molar-refractivity contribution is 5.87. The fourth-order valence-electron chi connectivity index (χ4n) is 6.07. The van der Waals surface area contributed by atoms with Gasteiger partial charge in [-0.15, -0.1) is 0 Å². The second kappa shape index (κ2) is 11.0. The van der Waals surface area contributed by atoms with Crippen molar-refractivity contribution in [3.8, 4) is 23.8 Å². The third kappa shape index (κ3) is 6.18. The lowest BCUT2D eigenvalue weighted by molar-refractivity contribution is -0.0665. The van der Waals surface area contributed by atoms with Gasteiger partial charge in [0, 0.05) is 18.7 Å². The quantitative estimate of drug-likeness (QED) is 0.322. The molecule has 2 bridgehead atoms. The molecule has 46 heavy (non-hydrogen) atoms. The first-order valence-electron chi connectivity index (χ1n) is 14.9. The molecule has 6 rings (SSSR count). The van der Waals surface area contributed by atoms with Gasteiger partial charge in [-0.25, -0.2) is 9.59 Å². The predicted octanol–water partition coefficient (Wildman–Crippen LogP) is 6.19. The van der Waals surface area contributed by atoms with Gasteiger partial charge >= 0.3 is 12.2 Å². The van der Waals surface area contributed by atoms with Crippen LogP contribution in [-0.4, -0.2) is 48.3 Å². The summed E-state index contributed by atoms with van der Waals surface area (Å²) in [5.41, 5.74) is 0.121. The van der Waals surface area contributed by atoms with Crippen LogP contribution in [-0.2, 0) is 16.5 Å². The van der Waals surface area contributed by atoms with Crippen molar-refractivity contribution in [2.24, 2.45) is 17.5 Å². The molecule has 0 saturated heterocycles. The highest BCUT2D eigenvalue weighted by Crippen LogP contribution is 2.67. The molecule has 1 aromatic carbocycles. The Morgan fingerprint density at radius 3 is 2.17 bits per heavy atom. The minimum Gasteiger partial charge on any atom is -0.442 e. The molecule has 1 N–H and O–H groups in total. The molecule has 3 fully saturated rings. The molecule has 13 heteroatoms. The number of nitrogens with one attached hydrogen (secondary N) is 1. The van der Waals surface area contributed by atoms with E-state index in [1.165, 1.54) is 10.8 Å². The summed E-state index contributed by atoms with van der Waals surface area (Å²) in [7, 11) is 1.60. The molecular formula is C33H38N8O5. The standard InChI is InChI=1S/C33H38N8O5/c1-19-13-21(11-10-12-34)14-20(2)23(19)44-26-22-24(36-27(38-26)39-33-15-32(16-33,17-33)18-35)40(9)41(29(43)46-31(6,7)8)25(22)37-28(42)45-30(3,4)5/h10-11,13-14H,15-17H2,1-9H3,(H,36,38,39)/b11-10+,37-25+. The molecule has 2 heterocycles. The van der Waals surface area contributed by atoms with Gasteiger partial charge in [0.05, 0.1) is 17.6 Å². The van der Waals surface area contributed by atoms with Crippen molar-refractivity contribution < 1.29 is 23.8 Å². The zero-order chi connectivity index (χ0) is 33.8. The van der Waals surface area contributed by atoms with Crippen molar-refractivity contribution in [1.29, 1.82) is 10.5 Å². The van der Waals surface area contributed by atoms with Crippen LogP contribution in [0.25, 0.3) is 17.1 Å². The van der Waals surface area contributed by atoms with Gasteiger partial charge in [0.15, 0.2) is 11.1 Å². The predicted molar refractivity (Wildman–Crippen MR) is 169 cm³/mol. The number of nitrogens with zero attached hydrogens (tertiary/aromatic N) is 7. The van der Waals surface area contributed by atoms with Crippen LogP contribution < -0.4 is 15.5 Å². The van der Waals surface area contributed by atoms with E-state index in [0.717, 1.165) is 21.4 Å². The number of amides is 1. The van der Waals surface area contributed by atoms with Gasteiger partial charge in [-0.2, -0.15) is 30.2 Å². The number of nitriles is 2. The number of anilines is 1. The molecule has 0 atom stereocenters. The Labute approximate surface area is 267 Å². The Morgan fingerprint density at radius 1 is 1.02 bits per heavy atom. The van der Waals surface area contributed by atoms with Gasteiger partial charge in [0.2, 0.25) is 11.8 Å². The largest absolute Gasteiger partial charge is 0.442 e. The fourth-order valence-corrected chi connectivity index (χ4v) is 6.07. The lowest BCUT2D eigenvalue weighted by atomic mass is 9.40. The lowest BCUT2D eigenvalue weighted by Gasteiger charge is -2.66. The van der Waals surface area contributed by atoms with E-state index >= 15 is 0 Å². The number of carbonyl (C=O) groups is 2. The molecular weight excluding hydrogens is 588 g/mol. The van der Waals surface area contributed by atoms with Gasteiger partial charge in [0.1, 0.15) is 22.3 Å². The number of rotatable bonds is 5. The molecule has 1 amide bonds. The van der Waals surface area contributed by atoms with Crippen molar-refractivity contribution in [2.75, 3.05) is 5.32 Å². The van der Waals surface area contributed by atoms with Crippen LogP contribution >= 0.6 is 0 Å². The van der Waals surface area contributed by atoms with Gasteiger partial charge in [-0.1, -0.05) is 0 Å². The number of benzene rings is 1. The van der Waals surface area contributed by atoms with E-state index in [4.69, 9.17) is 29.4 Å². The van der Waals surface area contributed by atoms with E-state index in [1.807, 2.05) is 32.0 Å². The molecule has 3 aromatic rings. The van der Waals surface area contributed by atoms with E-state index in [9.17, 15) is 14.9 Å². The third-order valence-corrected chi connectivity index (χ3v) is 7.72. The minimum atomic E-state index is -0.929. The molecule has 0 aliphatic heterocycles. The SMILES string of the molecule is Cc1cc(/C=C/C#N)cc(C)c1Oc1nc(NC23CC(C#N)(C2)C3)nc2c1/c(=N\C(=O)OC(C)(C)C)n(C(=O)OC(C)(C)C)n2C. The van der Waals surface area contributed by atoms with Gasteiger partial charge in [-0.3, -0.25) is 4.68 Å². The summed E-state index contributed by atoms with van der Waals surface area (Å²) in [5.74, 6) is 0.768. The molecule has 13 nitrogen and oxygen atoms in total. The zero-order valence-electron chi connectivity index (χ0n) is 27.6. The number of aryl methyl sites for hydroxylation is 3. The summed E-state index contributed by atoms with van der Waals surface area (Å²) >= 11 is 0. The van der Waals surface area contributed by atoms with Crippen molar-refractivity contribution >= 4 is 35.2 Å². The Bertz CT molecular complexity index is 1910. The summed E-state index contributed by atoms with van der Waals surface area (Å²) in [6.07, 6.45) is 3.39. The van der Waals surface area contributed by atoms with E-state index in [0.29, 0.717) is 25.0 Å². The van der Waals surface area contributed by atoms with Crippen LogP contribution in [0.4, 0.5) is 15.5 Å². The average Bonchev–Trinajstić information content (AvgIpc) is 3.15. The second-order valence-corrected chi connectivity index (χ2v) is 14.2. The first-order chi connectivity index (χ1) is 21.4. The monoisotopic (exact) mass is 626 g/mol. The van der Waals surface area contributed by atoms with Gasteiger partial charge < -0.3 is 19.5 Å². The van der Waals surface area contributed by atoms with Crippen molar-refractivity contribution in [2.45, 2.75) is 91.4 Å². The molecule has 3 saturated carbocycles. The summed E-state index contributed by atoms with van der Waals surface area (Å²) in [4.78, 5) is 40.4. The highest BCUT2D eigenvalue weighted by atomic mass is 16.6. The summed E-state index contributed by atoms with van der Waals surface area (Å²) in [6.45, 7) is 14.1. The van der Waals surface area contributed by atoms with Crippen LogP contribution in [0.5, 0.6) is 11.6 Å². The first kappa shape index (κ1) is 32.2. The normalized spacial score (nSPS) is 20.8. The van der Waals surface area contributed by atoms with Crippen LogP contribution in [0.3, 0.4) is 0 Å².